The van der Waals surface area contributed by atoms with Gasteiger partial charge in [-0.25, -0.2) is 15.0 Å². The predicted octanol–water partition coefficient (Wildman–Crippen LogP) is 1.76. The molecular weight excluding hydrogens is 324 g/mol. The number of benzene rings is 1. The van der Waals surface area contributed by atoms with Crippen LogP contribution in [0.2, 0.25) is 0 Å². The van der Waals surface area contributed by atoms with E-state index in [1.807, 2.05) is 49.3 Å². The fourth-order valence-corrected chi connectivity index (χ4v) is 3.13. The van der Waals surface area contributed by atoms with Gasteiger partial charge >= 0.3 is 0 Å². The molecule has 1 aromatic carbocycles. The van der Waals surface area contributed by atoms with Crippen LogP contribution in [0, 0.1) is 0 Å². The van der Waals surface area contributed by atoms with Crippen LogP contribution in [0.1, 0.15) is 19.8 Å². The molecule has 0 bridgehead atoms. The lowest BCUT2D eigenvalue weighted by Crippen LogP contribution is -2.38. The molecule has 2 aliphatic heterocycles. The number of carbonyl (C=O) groups excluding carboxylic acids is 1. The summed E-state index contributed by atoms with van der Waals surface area (Å²) in [6, 6.07) is 9.40. The molecule has 1 aromatic rings. The second-order valence-electron chi connectivity index (χ2n) is 6.02. The van der Waals surface area contributed by atoms with Gasteiger partial charge in [0.15, 0.2) is 5.11 Å². The van der Waals surface area contributed by atoms with E-state index in [1.54, 1.807) is 5.01 Å². The summed E-state index contributed by atoms with van der Waals surface area (Å²) in [5.74, 6) is -0.141. The zero-order chi connectivity index (χ0) is 17.1. The summed E-state index contributed by atoms with van der Waals surface area (Å²) >= 11 is 5.28. The van der Waals surface area contributed by atoms with Crippen LogP contribution in [-0.4, -0.2) is 54.1 Å². The molecule has 2 saturated heterocycles. The van der Waals surface area contributed by atoms with Crippen molar-refractivity contribution in [3.63, 3.8) is 0 Å². The van der Waals surface area contributed by atoms with Crippen LogP contribution < -0.4 is 10.3 Å². The van der Waals surface area contributed by atoms with Crippen LogP contribution in [0.3, 0.4) is 0 Å². The average molecular weight is 346 g/mol. The van der Waals surface area contributed by atoms with E-state index in [4.69, 9.17) is 17.0 Å². The minimum atomic E-state index is -0.141. The minimum Gasteiger partial charge on any atom is -0.376 e. The van der Waals surface area contributed by atoms with Crippen molar-refractivity contribution in [1.82, 2.24) is 10.3 Å². The highest BCUT2D eigenvalue weighted by Gasteiger charge is 2.40. The Kier molecular flexibility index (Phi) is 5.23. The standard InChI is InChI=1S/C17H22N4O2S/c1-12-15(19-17(24)18-11-14-9-6-10-23-14)16(22)21(20(12)2)13-7-4-3-5-8-13/h3-5,7-8,12,14H,6,9-11H2,1-2H3,(H,18,24). The second kappa shape index (κ2) is 7.38. The Hall–Kier alpha value is -1.83. The summed E-state index contributed by atoms with van der Waals surface area (Å²) in [5, 5.41) is 6.93. The number of nitrogens with zero attached hydrogens (tertiary/aromatic N) is 3. The molecule has 3 rings (SSSR count). The lowest BCUT2D eigenvalue weighted by Gasteiger charge is -2.25. The molecule has 128 valence electrons. The number of ether oxygens (including phenoxy) is 1. The van der Waals surface area contributed by atoms with Crippen molar-refractivity contribution >= 4 is 34.6 Å². The van der Waals surface area contributed by atoms with Crippen molar-refractivity contribution in [2.45, 2.75) is 31.9 Å². The number of para-hydroxylation sites is 1. The van der Waals surface area contributed by atoms with E-state index < -0.39 is 0 Å². The Bertz CT molecular complexity index is 643. The average Bonchev–Trinajstić information content (AvgIpc) is 3.17. The van der Waals surface area contributed by atoms with E-state index >= 15 is 0 Å². The quantitative estimate of drug-likeness (QED) is 0.845. The van der Waals surface area contributed by atoms with Gasteiger partial charge in [-0.15, -0.1) is 0 Å². The Morgan fingerprint density at radius 3 is 2.83 bits per heavy atom. The van der Waals surface area contributed by atoms with Gasteiger partial charge in [0.1, 0.15) is 5.71 Å². The van der Waals surface area contributed by atoms with Gasteiger partial charge in [-0.3, -0.25) is 4.79 Å². The molecule has 2 fully saturated rings. The molecule has 1 amide bonds. The van der Waals surface area contributed by atoms with Crippen LogP contribution >= 0.6 is 12.2 Å². The fraction of sp³-hybridized carbons (Fsp3) is 0.471. The largest absolute Gasteiger partial charge is 0.376 e. The van der Waals surface area contributed by atoms with Gasteiger partial charge in [0.05, 0.1) is 17.8 Å². The molecule has 7 heteroatoms. The highest BCUT2D eigenvalue weighted by Crippen LogP contribution is 2.24. The van der Waals surface area contributed by atoms with Gasteiger partial charge in [-0.05, 0) is 44.1 Å². The van der Waals surface area contributed by atoms with Crippen LogP contribution in [0.5, 0.6) is 0 Å². The lowest BCUT2D eigenvalue weighted by molar-refractivity contribution is -0.113. The topological polar surface area (TPSA) is 57.2 Å². The van der Waals surface area contributed by atoms with Gasteiger partial charge < -0.3 is 10.1 Å². The first-order chi connectivity index (χ1) is 11.6. The highest BCUT2D eigenvalue weighted by atomic mass is 32.1. The number of hydrazine groups is 1. The smallest absolute Gasteiger partial charge is 0.289 e. The Balaban J connectivity index is 1.70. The Morgan fingerprint density at radius 2 is 2.17 bits per heavy atom. The Labute approximate surface area is 147 Å². The maximum atomic E-state index is 12.8. The third kappa shape index (κ3) is 3.48. The van der Waals surface area contributed by atoms with Gasteiger partial charge in [-0.1, -0.05) is 18.2 Å². The molecular formula is C17H22N4O2S. The van der Waals surface area contributed by atoms with E-state index in [2.05, 4.69) is 10.3 Å². The molecule has 2 aliphatic rings. The first-order valence-corrected chi connectivity index (χ1v) is 8.59. The molecule has 0 aromatic heterocycles. The van der Waals surface area contributed by atoms with Crippen molar-refractivity contribution in [1.29, 1.82) is 0 Å². The van der Waals surface area contributed by atoms with Crippen LogP contribution in [-0.2, 0) is 9.53 Å². The molecule has 0 aliphatic carbocycles. The van der Waals surface area contributed by atoms with Crippen molar-refractivity contribution in [3.8, 4) is 0 Å². The highest BCUT2D eigenvalue weighted by molar-refractivity contribution is 7.80. The molecule has 0 saturated carbocycles. The molecule has 6 nitrogen and oxygen atoms in total. The zero-order valence-corrected chi connectivity index (χ0v) is 14.8. The molecule has 2 unspecified atom stereocenters. The number of hydrogen-bond acceptors (Lipinski definition) is 4. The maximum Gasteiger partial charge on any atom is 0.289 e. The number of hydrogen-bond donors (Lipinski definition) is 1. The van der Waals surface area contributed by atoms with Crippen molar-refractivity contribution < 1.29 is 9.53 Å². The molecule has 2 atom stereocenters. The summed E-state index contributed by atoms with van der Waals surface area (Å²) in [6.45, 7) is 3.39. The van der Waals surface area contributed by atoms with Gasteiger partial charge in [0.25, 0.3) is 5.91 Å². The molecule has 0 spiro atoms. The van der Waals surface area contributed by atoms with E-state index in [0.29, 0.717) is 17.4 Å². The summed E-state index contributed by atoms with van der Waals surface area (Å²) in [6.07, 6.45) is 2.30. The van der Waals surface area contributed by atoms with Crippen LogP contribution in [0.15, 0.2) is 35.3 Å². The summed E-state index contributed by atoms with van der Waals surface area (Å²) in [4.78, 5) is 17.1. The van der Waals surface area contributed by atoms with Gasteiger partial charge in [0.2, 0.25) is 0 Å². The molecule has 1 N–H and O–H groups in total. The summed E-state index contributed by atoms with van der Waals surface area (Å²) in [5.41, 5.74) is 1.27. The fourth-order valence-electron chi connectivity index (χ4n) is 2.95. The predicted molar refractivity (Wildman–Crippen MR) is 98.2 cm³/mol. The number of amides is 1. The monoisotopic (exact) mass is 346 g/mol. The van der Waals surface area contributed by atoms with Crippen LogP contribution in [0.25, 0.3) is 0 Å². The second-order valence-corrected chi connectivity index (χ2v) is 6.41. The number of anilines is 1. The van der Waals surface area contributed by atoms with Gasteiger partial charge in [-0.2, -0.15) is 0 Å². The van der Waals surface area contributed by atoms with Crippen molar-refractivity contribution in [2.24, 2.45) is 4.99 Å². The first kappa shape index (κ1) is 17.0. The van der Waals surface area contributed by atoms with Crippen molar-refractivity contribution in [2.75, 3.05) is 25.2 Å². The Morgan fingerprint density at radius 1 is 1.42 bits per heavy atom. The van der Waals surface area contributed by atoms with E-state index in [1.165, 1.54) is 0 Å². The normalized spacial score (nSPS) is 26.3. The lowest BCUT2D eigenvalue weighted by atomic mass is 10.2. The molecule has 24 heavy (non-hydrogen) atoms. The summed E-state index contributed by atoms with van der Waals surface area (Å²) < 4.78 is 5.55. The zero-order valence-electron chi connectivity index (χ0n) is 13.9. The SMILES string of the molecule is CC1C(=NC(=S)NCC2CCCO2)C(=O)N(c2ccccc2)N1C. The number of rotatable bonds is 3. The van der Waals surface area contributed by atoms with Crippen molar-refractivity contribution in [3.05, 3.63) is 30.3 Å². The molecule has 0 radical (unpaired) electrons. The minimum absolute atomic E-state index is 0.139. The van der Waals surface area contributed by atoms with E-state index in [0.717, 1.165) is 25.1 Å². The van der Waals surface area contributed by atoms with E-state index in [-0.39, 0.29) is 18.1 Å². The number of thiocarbonyl (C=S) groups is 1. The summed E-state index contributed by atoms with van der Waals surface area (Å²) in [7, 11) is 1.88. The number of aliphatic imine (C=N–C) groups is 1. The third-order valence-corrected chi connectivity index (χ3v) is 4.65. The van der Waals surface area contributed by atoms with E-state index in [9.17, 15) is 4.79 Å². The third-order valence-electron chi connectivity index (χ3n) is 4.41. The maximum absolute atomic E-state index is 12.8. The van der Waals surface area contributed by atoms with Crippen LogP contribution in [0.4, 0.5) is 5.69 Å². The first-order valence-electron chi connectivity index (χ1n) is 8.18. The van der Waals surface area contributed by atoms with Gasteiger partial charge in [0, 0.05) is 20.2 Å². The number of nitrogens with one attached hydrogen (secondary N) is 1. The molecule has 2 heterocycles. The number of carbonyl (C=O) groups is 1.